The first-order chi connectivity index (χ1) is 12.0. The fourth-order valence-corrected chi connectivity index (χ4v) is 3.94. The Labute approximate surface area is 150 Å². The van der Waals surface area contributed by atoms with E-state index in [0.29, 0.717) is 10.6 Å². The molecule has 0 unspecified atom stereocenters. The second-order valence-corrected chi connectivity index (χ2v) is 7.11. The Morgan fingerprint density at radius 2 is 1.96 bits per heavy atom. The van der Waals surface area contributed by atoms with E-state index in [9.17, 15) is 4.39 Å². The topological polar surface area (TPSA) is 43.6 Å². The summed E-state index contributed by atoms with van der Waals surface area (Å²) in [5.74, 6) is 1.52. The predicted octanol–water partition coefficient (Wildman–Crippen LogP) is 4.65. The smallest absolute Gasteiger partial charge is 0.145 e. The Morgan fingerprint density at radius 1 is 1.16 bits per heavy atom. The summed E-state index contributed by atoms with van der Waals surface area (Å²) in [6.45, 7) is 5.88. The second-order valence-electron chi connectivity index (χ2n) is 6.70. The van der Waals surface area contributed by atoms with E-state index in [2.05, 4.69) is 21.2 Å². The van der Waals surface area contributed by atoms with Crippen LogP contribution in [0.2, 0.25) is 5.02 Å². The summed E-state index contributed by atoms with van der Waals surface area (Å²) in [6, 6.07) is 3.98. The molecule has 3 aromatic rings. The summed E-state index contributed by atoms with van der Waals surface area (Å²) >= 11 is 6.64. The van der Waals surface area contributed by atoms with Crippen molar-refractivity contribution in [1.29, 1.82) is 0 Å². The first-order valence-corrected chi connectivity index (χ1v) is 8.72. The third-order valence-corrected chi connectivity index (χ3v) is 4.99. The minimum Gasteiger partial charge on any atom is -0.281 e. The number of halogens is 2. The number of benzene rings is 1. The molecule has 2 aromatic heterocycles. The van der Waals surface area contributed by atoms with Crippen molar-refractivity contribution in [2.45, 2.75) is 39.5 Å². The van der Waals surface area contributed by atoms with Crippen LogP contribution in [0.5, 0.6) is 0 Å². The molecule has 6 heteroatoms. The molecule has 0 spiro atoms. The van der Waals surface area contributed by atoms with Gasteiger partial charge in [0.05, 0.1) is 16.9 Å². The van der Waals surface area contributed by atoms with Gasteiger partial charge in [0.15, 0.2) is 0 Å². The Hall–Kier alpha value is -2.27. The van der Waals surface area contributed by atoms with Crippen molar-refractivity contribution in [2.24, 2.45) is 0 Å². The van der Waals surface area contributed by atoms with Gasteiger partial charge in [-0.3, -0.25) is 9.55 Å². The predicted molar refractivity (Wildman–Crippen MR) is 95.8 cm³/mol. The highest BCUT2D eigenvalue weighted by Gasteiger charge is 2.24. The molecule has 4 nitrogen and oxygen atoms in total. The van der Waals surface area contributed by atoms with E-state index >= 15 is 0 Å². The van der Waals surface area contributed by atoms with Gasteiger partial charge in [0.2, 0.25) is 0 Å². The Bertz CT molecular complexity index is 978. The molecule has 0 bridgehead atoms. The van der Waals surface area contributed by atoms with Crippen LogP contribution in [-0.2, 0) is 12.8 Å². The van der Waals surface area contributed by atoms with Crippen molar-refractivity contribution in [3.63, 3.8) is 0 Å². The number of aromatic nitrogens is 4. The Morgan fingerprint density at radius 3 is 2.72 bits per heavy atom. The fraction of sp³-hybridized carbons (Fsp3) is 0.316. The summed E-state index contributed by atoms with van der Waals surface area (Å²) in [6.07, 6.45) is 4.63. The van der Waals surface area contributed by atoms with E-state index in [1.807, 2.05) is 31.4 Å². The van der Waals surface area contributed by atoms with E-state index in [0.717, 1.165) is 46.9 Å². The molecule has 0 N–H and O–H groups in total. The SMILES string of the molecule is Cc1nnc2n1-c1c(Cl)cc(-c3cncc(F)c3C(C)C)cc1CC2. The highest BCUT2D eigenvalue weighted by molar-refractivity contribution is 6.33. The molecule has 0 saturated heterocycles. The number of aryl methyl sites for hydroxylation is 3. The normalized spacial score (nSPS) is 13.0. The van der Waals surface area contributed by atoms with Crippen LogP contribution in [0, 0.1) is 12.7 Å². The van der Waals surface area contributed by atoms with Gasteiger partial charge >= 0.3 is 0 Å². The average Bonchev–Trinajstić information content (AvgIpc) is 2.95. The van der Waals surface area contributed by atoms with Crippen LogP contribution in [0.25, 0.3) is 16.8 Å². The molecule has 0 atom stereocenters. The molecule has 128 valence electrons. The minimum absolute atomic E-state index is 0.0551. The Kier molecular flexibility index (Phi) is 3.84. The van der Waals surface area contributed by atoms with Crippen LogP contribution in [0.3, 0.4) is 0 Å². The van der Waals surface area contributed by atoms with Crippen LogP contribution in [0.1, 0.15) is 42.5 Å². The van der Waals surface area contributed by atoms with Gasteiger partial charge in [0, 0.05) is 23.7 Å². The molecule has 0 fully saturated rings. The molecule has 0 saturated carbocycles. The van der Waals surface area contributed by atoms with Gasteiger partial charge in [0.25, 0.3) is 0 Å². The summed E-state index contributed by atoms with van der Waals surface area (Å²) in [4.78, 5) is 4.04. The maximum Gasteiger partial charge on any atom is 0.145 e. The van der Waals surface area contributed by atoms with Crippen molar-refractivity contribution in [3.05, 3.63) is 58.1 Å². The molecule has 0 aliphatic carbocycles. The van der Waals surface area contributed by atoms with Crippen molar-refractivity contribution in [1.82, 2.24) is 19.7 Å². The monoisotopic (exact) mass is 356 g/mol. The van der Waals surface area contributed by atoms with Crippen LogP contribution in [0.4, 0.5) is 4.39 Å². The van der Waals surface area contributed by atoms with Crippen molar-refractivity contribution in [3.8, 4) is 16.8 Å². The van der Waals surface area contributed by atoms with E-state index in [-0.39, 0.29) is 11.7 Å². The maximum absolute atomic E-state index is 14.3. The highest BCUT2D eigenvalue weighted by Crippen LogP contribution is 2.38. The van der Waals surface area contributed by atoms with Gasteiger partial charge in [-0.25, -0.2) is 4.39 Å². The molecule has 4 rings (SSSR count). The van der Waals surface area contributed by atoms with E-state index in [4.69, 9.17) is 11.6 Å². The number of nitrogens with zero attached hydrogens (tertiary/aromatic N) is 4. The third-order valence-electron chi connectivity index (χ3n) is 4.70. The number of rotatable bonds is 2. The summed E-state index contributed by atoms with van der Waals surface area (Å²) in [7, 11) is 0. The Balaban J connectivity index is 1.93. The summed E-state index contributed by atoms with van der Waals surface area (Å²) in [5.41, 5.74) is 4.42. The lowest BCUT2D eigenvalue weighted by molar-refractivity contribution is 0.593. The molecular formula is C19H18ClFN4. The van der Waals surface area contributed by atoms with Crippen LogP contribution < -0.4 is 0 Å². The molecule has 0 amide bonds. The number of hydrogen-bond donors (Lipinski definition) is 0. The van der Waals surface area contributed by atoms with Gasteiger partial charge < -0.3 is 0 Å². The van der Waals surface area contributed by atoms with Gasteiger partial charge in [-0.15, -0.1) is 10.2 Å². The van der Waals surface area contributed by atoms with E-state index in [1.165, 1.54) is 6.20 Å². The van der Waals surface area contributed by atoms with Gasteiger partial charge in [0.1, 0.15) is 17.5 Å². The second kappa shape index (κ2) is 5.92. The molecule has 3 heterocycles. The van der Waals surface area contributed by atoms with Crippen molar-refractivity contribution < 1.29 is 4.39 Å². The minimum atomic E-state index is -0.279. The number of fused-ring (bicyclic) bond motifs is 3. The standard InChI is InChI=1S/C19H18ClFN4/c1-10(2)18-14(8-22-9-16(18)21)13-6-12-4-5-17-24-23-11(3)25(17)19(12)15(20)7-13/h6-10H,4-5H2,1-3H3. The summed E-state index contributed by atoms with van der Waals surface area (Å²) < 4.78 is 16.3. The van der Waals surface area contributed by atoms with Crippen LogP contribution in [0.15, 0.2) is 24.5 Å². The van der Waals surface area contributed by atoms with Gasteiger partial charge in [-0.2, -0.15) is 0 Å². The number of pyridine rings is 1. The zero-order valence-electron chi connectivity index (χ0n) is 14.3. The zero-order valence-corrected chi connectivity index (χ0v) is 15.1. The quantitative estimate of drug-likeness (QED) is 0.671. The average molecular weight is 357 g/mol. The molecule has 1 aliphatic heterocycles. The molecule has 25 heavy (non-hydrogen) atoms. The third kappa shape index (κ3) is 2.54. The maximum atomic E-state index is 14.3. The van der Waals surface area contributed by atoms with Crippen LogP contribution >= 0.6 is 11.6 Å². The van der Waals surface area contributed by atoms with Crippen molar-refractivity contribution in [2.75, 3.05) is 0 Å². The molecule has 0 radical (unpaired) electrons. The van der Waals surface area contributed by atoms with Gasteiger partial charge in [-0.05, 0) is 42.5 Å². The first kappa shape index (κ1) is 16.2. The highest BCUT2D eigenvalue weighted by atomic mass is 35.5. The molecule has 1 aromatic carbocycles. The van der Waals surface area contributed by atoms with Gasteiger partial charge in [-0.1, -0.05) is 25.4 Å². The zero-order chi connectivity index (χ0) is 17.7. The van der Waals surface area contributed by atoms with E-state index in [1.54, 1.807) is 6.20 Å². The lowest BCUT2D eigenvalue weighted by Crippen LogP contribution is -2.14. The summed E-state index contributed by atoms with van der Waals surface area (Å²) in [5, 5.41) is 9.00. The first-order valence-electron chi connectivity index (χ1n) is 8.34. The van der Waals surface area contributed by atoms with Crippen LogP contribution in [-0.4, -0.2) is 19.7 Å². The lowest BCUT2D eigenvalue weighted by Gasteiger charge is -2.22. The fourth-order valence-electron chi connectivity index (χ4n) is 3.62. The number of hydrogen-bond acceptors (Lipinski definition) is 3. The molecular weight excluding hydrogens is 339 g/mol. The molecule has 1 aliphatic rings. The largest absolute Gasteiger partial charge is 0.281 e. The van der Waals surface area contributed by atoms with E-state index < -0.39 is 0 Å². The van der Waals surface area contributed by atoms with Crippen molar-refractivity contribution >= 4 is 11.6 Å². The lowest BCUT2D eigenvalue weighted by atomic mass is 9.91.